The quantitative estimate of drug-likeness (QED) is 0.143. The van der Waals surface area contributed by atoms with Gasteiger partial charge in [-0.1, -0.05) is 70.4 Å². The Morgan fingerprint density at radius 1 is 0.893 bits per heavy atom. The number of hydrogen-bond donors (Lipinski definition) is 2. The molecule has 162 valence electrons. The molecule has 0 aliphatic carbocycles. The van der Waals surface area contributed by atoms with Gasteiger partial charge in [0.1, 0.15) is 5.25 Å². The first-order valence-electron chi connectivity index (χ1n) is 10.8. The molecule has 28 heavy (non-hydrogen) atoms. The summed E-state index contributed by atoms with van der Waals surface area (Å²) in [6.45, 7) is 3.58. The van der Waals surface area contributed by atoms with E-state index in [-0.39, 0.29) is 42.0 Å². The first-order chi connectivity index (χ1) is 12.9. The van der Waals surface area contributed by atoms with Crippen molar-refractivity contribution in [1.82, 2.24) is 5.32 Å². The van der Waals surface area contributed by atoms with Crippen LogP contribution in [0.1, 0.15) is 104 Å². The van der Waals surface area contributed by atoms with Crippen molar-refractivity contribution in [3.05, 3.63) is 12.2 Å². The van der Waals surface area contributed by atoms with Crippen LogP contribution in [0.2, 0.25) is 0 Å². The van der Waals surface area contributed by atoms with Crippen LogP contribution in [-0.2, 0) is 14.9 Å². The van der Waals surface area contributed by atoms with Crippen molar-refractivity contribution in [2.45, 2.75) is 109 Å². The monoisotopic (exact) mass is 427 g/mol. The van der Waals surface area contributed by atoms with Gasteiger partial charge in [0.15, 0.2) is 0 Å². The van der Waals surface area contributed by atoms with E-state index in [1.807, 2.05) is 0 Å². The number of carbonyl (C=O) groups is 1. The maximum atomic E-state index is 11.6. The van der Waals surface area contributed by atoms with Crippen molar-refractivity contribution in [3.63, 3.8) is 0 Å². The second-order valence-corrected chi connectivity index (χ2v) is 9.30. The number of amides is 1. The summed E-state index contributed by atoms with van der Waals surface area (Å²) in [5.74, 6) is -0.150. The van der Waals surface area contributed by atoms with Gasteiger partial charge in [-0.2, -0.15) is 8.42 Å². The molecule has 0 rings (SSSR count). The van der Waals surface area contributed by atoms with Crippen LogP contribution in [0.25, 0.3) is 0 Å². The van der Waals surface area contributed by atoms with Gasteiger partial charge in [0.2, 0.25) is 5.91 Å². The number of nitrogens with one attached hydrogen (secondary N) is 1. The molecular weight excluding hydrogens is 385 g/mol. The molecule has 1 amide bonds. The van der Waals surface area contributed by atoms with E-state index < -0.39 is 15.4 Å². The minimum absolute atomic E-state index is 0. The van der Waals surface area contributed by atoms with Gasteiger partial charge in [0.25, 0.3) is 10.1 Å². The van der Waals surface area contributed by atoms with Gasteiger partial charge in [-0.15, -0.1) is 0 Å². The van der Waals surface area contributed by atoms with E-state index in [4.69, 9.17) is 4.55 Å². The molecule has 5 nitrogen and oxygen atoms in total. The SMILES string of the molecule is CCCCCCCCC=CCCCCCCCC(=O)NCC(C)S(=O)(=O)O.[NaH]. The molecule has 0 spiro atoms. The summed E-state index contributed by atoms with van der Waals surface area (Å²) in [7, 11) is -4.07. The normalized spacial score (nSPS) is 12.7. The molecule has 0 fully saturated rings. The second kappa shape index (κ2) is 20.4. The van der Waals surface area contributed by atoms with Gasteiger partial charge in [-0.3, -0.25) is 9.35 Å². The zero-order chi connectivity index (χ0) is 20.4. The topological polar surface area (TPSA) is 83.5 Å². The van der Waals surface area contributed by atoms with Crippen LogP contribution < -0.4 is 5.32 Å². The molecule has 1 atom stereocenters. The number of unbranched alkanes of at least 4 members (excludes halogenated alkanes) is 11. The molecule has 2 N–H and O–H groups in total. The first kappa shape index (κ1) is 30.3. The van der Waals surface area contributed by atoms with Crippen LogP contribution in [0.15, 0.2) is 12.2 Å². The van der Waals surface area contributed by atoms with E-state index in [0.717, 1.165) is 25.7 Å². The maximum absolute atomic E-state index is 11.6. The Labute approximate surface area is 195 Å². The molecular formula is C21H42NNaO4S. The standard InChI is InChI=1S/C21H41NO4S.Na.H/c1-3-4-5-6-7-8-9-10-11-12-13-14-15-16-17-18-21(23)22-19-20(2)27(24,25)26;;/h10-11,20H,3-9,12-19H2,1-2H3,(H,22,23)(H,24,25,26);;. The third-order valence-corrected chi connectivity index (χ3v) is 5.94. The number of carbonyl (C=O) groups excluding carboxylic acids is 1. The molecule has 0 saturated heterocycles. The van der Waals surface area contributed by atoms with Crippen LogP contribution in [0.4, 0.5) is 0 Å². The van der Waals surface area contributed by atoms with E-state index in [0.29, 0.717) is 6.42 Å². The average Bonchev–Trinajstić information content (AvgIpc) is 2.62. The van der Waals surface area contributed by atoms with Crippen LogP contribution in [0.5, 0.6) is 0 Å². The van der Waals surface area contributed by atoms with Crippen molar-refractivity contribution in [2.75, 3.05) is 6.54 Å². The molecule has 0 aromatic rings. The fourth-order valence-electron chi connectivity index (χ4n) is 2.81. The van der Waals surface area contributed by atoms with Crippen molar-refractivity contribution in [2.24, 2.45) is 0 Å². The summed E-state index contributed by atoms with van der Waals surface area (Å²) >= 11 is 0. The van der Waals surface area contributed by atoms with Gasteiger partial charge in [0, 0.05) is 13.0 Å². The van der Waals surface area contributed by atoms with E-state index in [1.165, 1.54) is 64.7 Å². The van der Waals surface area contributed by atoms with E-state index in [9.17, 15) is 13.2 Å². The predicted octanol–water partition coefficient (Wildman–Crippen LogP) is 4.77. The molecule has 1 unspecified atom stereocenters. The van der Waals surface area contributed by atoms with Gasteiger partial charge in [-0.05, 0) is 39.0 Å². The molecule has 0 aliphatic rings. The zero-order valence-electron chi connectivity index (χ0n) is 17.4. The van der Waals surface area contributed by atoms with Crippen molar-refractivity contribution in [1.29, 1.82) is 0 Å². The fraction of sp³-hybridized carbons (Fsp3) is 0.857. The summed E-state index contributed by atoms with van der Waals surface area (Å²) in [5.41, 5.74) is 0. The van der Waals surface area contributed by atoms with E-state index in [1.54, 1.807) is 0 Å². The van der Waals surface area contributed by atoms with Crippen molar-refractivity contribution < 1.29 is 17.8 Å². The van der Waals surface area contributed by atoms with Crippen LogP contribution in [0, 0.1) is 0 Å². The third kappa shape index (κ3) is 20.8. The Morgan fingerprint density at radius 2 is 1.36 bits per heavy atom. The molecule has 0 radical (unpaired) electrons. The van der Waals surface area contributed by atoms with Gasteiger partial charge >= 0.3 is 29.6 Å². The zero-order valence-corrected chi connectivity index (χ0v) is 18.2. The van der Waals surface area contributed by atoms with Crippen molar-refractivity contribution >= 4 is 45.6 Å². The summed E-state index contributed by atoms with van der Waals surface area (Å²) in [4.78, 5) is 11.6. The van der Waals surface area contributed by atoms with Crippen LogP contribution in [-0.4, -0.2) is 60.2 Å². The average molecular weight is 428 g/mol. The Balaban J connectivity index is 0. The Morgan fingerprint density at radius 3 is 1.86 bits per heavy atom. The Hall–Kier alpha value is 0.120. The first-order valence-corrected chi connectivity index (χ1v) is 12.3. The molecule has 7 heteroatoms. The van der Waals surface area contributed by atoms with Gasteiger partial charge in [0.05, 0.1) is 0 Å². The Kier molecular flexibility index (Phi) is 22.1. The summed E-state index contributed by atoms with van der Waals surface area (Å²) in [6, 6.07) is 0. The molecule has 0 saturated carbocycles. The number of hydrogen-bond acceptors (Lipinski definition) is 3. The van der Waals surface area contributed by atoms with Gasteiger partial charge in [-0.25, -0.2) is 0 Å². The summed E-state index contributed by atoms with van der Waals surface area (Å²) in [6.07, 6.45) is 20.8. The van der Waals surface area contributed by atoms with Crippen LogP contribution >= 0.6 is 0 Å². The third-order valence-electron chi connectivity index (χ3n) is 4.76. The number of rotatable bonds is 18. The molecule has 0 heterocycles. The van der Waals surface area contributed by atoms with Gasteiger partial charge < -0.3 is 5.32 Å². The van der Waals surface area contributed by atoms with Crippen LogP contribution in [0.3, 0.4) is 0 Å². The van der Waals surface area contributed by atoms with E-state index >= 15 is 0 Å². The number of allylic oxidation sites excluding steroid dienone is 2. The molecule has 0 aromatic carbocycles. The van der Waals surface area contributed by atoms with E-state index in [2.05, 4.69) is 24.4 Å². The molecule has 0 aromatic heterocycles. The molecule has 0 bridgehead atoms. The summed E-state index contributed by atoms with van der Waals surface area (Å²) < 4.78 is 30.5. The Bertz CT molecular complexity index is 495. The van der Waals surface area contributed by atoms with Crippen molar-refractivity contribution in [3.8, 4) is 0 Å². The predicted molar refractivity (Wildman–Crippen MR) is 121 cm³/mol. The second-order valence-electron chi connectivity index (χ2n) is 7.46. The minimum atomic E-state index is -4.07. The summed E-state index contributed by atoms with van der Waals surface area (Å²) in [5, 5.41) is 1.59. The fourth-order valence-corrected chi connectivity index (χ4v) is 3.10. The molecule has 0 aliphatic heterocycles.